The van der Waals surface area contributed by atoms with Crippen LogP contribution in [0.1, 0.15) is 32.1 Å². The quantitative estimate of drug-likeness (QED) is 0.703. The number of rotatable bonds is 2. The molecular formula is C11H17NO3. The van der Waals surface area contributed by atoms with Crippen LogP contribution < -0.4 is 0 Å². The molecule has 1 unspecified atom stereocenters. The van der Waals surface area contributed by atoms with Crippen molar-refractivity contribution >= 4 is 11.9 Å². The van der Waals surface area contributed by atoms with Gasteiger partial charge in [-0.3, -0.25) is 4.79 Å². The predicted molar refractivity (Wildman–Crippen MR) is 56.4 cm³/mol. The van der Waals surface area contributed by atoms with Crippen molar-refractivity contribution in [2.75, 3.05) is 6.54 Å². The fourth-order valence-electron chi connectivity index (χ4n) is 1.92. The summed E-state index contributed by atoms with van der Waals surface area (Å²) >= 11 is 0. The topological polar surface area (TPSA) is 57.6 Å². The van der Waals surface area contributed by atoms with Gasteiger partial charge in [0.15, 0.2) is 0 Å². The van der Waals surface area contributed by atoms with Gasteiger partial charge in [0.05, 0.1) is 0 Å². The van der Waals surface area contributed by atoms with Gasteiger partial charge in [-0.25, -0.2) is 4.79 Å². The molecule has 1 N–H and O–H groups in total. The fraction of sp³-hybridized carbons (Fsp3) is 0.636. The molecule has 1 fully saturated rings. The number of carboxylic acids is 1. The Morgan fingerprint density at radius 3 is 2.53 bits per heavy atom. The summed E-state index contributed by atoms with van der Waals surface area (Å²) in [5.74, 6) is -1.18. The van der Waals surface area contributed by atoms with Crippen LogP contribution in [-0.4, -0.2) is 34.5 Å². The number of carbonyl (C=O) groups excluding carboxylic acids is 1. The highest BCUT2D eigenvalue weighted by molar-refractivity contribution is 5.90. The van der Waals surface area contributed by atoms with Gasteiger partial charge >= 0.3 is 5.97 Å². The molecule has 15 heavy (non-hydrogen) atoms. The van der Waals surface area contributed by atoms with Crippen molar-refractivity contribution in [3.05, 3.63) is 12.7 Å². The van der Waals surface area contributed by atoms with Crippen molar-refractivity contribution in [3.8, 4) is 0 Å². The maximum atomic E-state index is 11.5. The van der Waals surface area contributed by atoms with Gasteiger partial charge in [-0.05, 0) is 18.9 Å². The molecule has 0 radical (unpaired) electrons. The highest BCUT2D eigenvalue weighted by atomic mass is 16.4. The summed E-state index contributed by atoms with van der Waals surface area (Å²) in [6.45, 7) is 3.93. The maximum Gasteiger partial charge on any atom is 0.326 e. The molecule has 0 aromatic heterocycles. The van der Waals surface area contributed by atoms with E-state index >= 15 is 0 Å². The molecule has 0 aromatic carbocycles. The van der Waals surface area contributed by atoms with Crippen LogP contribution in [0, 0.1) is 0 Å². The molecule has 0 saturated carbocycles. The van der Waals surface area contributed by atoms with Gasteiger partial charge in [0.2, 0.25) is 5.91 Å². The Kier molecular flexibility index (Phi) is 4.34. The summed E-state index contributed by atoms with van der Waals surface area (Å²) in [5, 5.41) is 9.04. The van der Waals surface area contributed by atoms with Gasteiger partial charge < -0.3 is 10.0 Å². The number of aliphatic carboxylic acids is 1. The van der Waals surface area contributed by atoms with E-state index in [2.05, 4.69) is 6.58 Å². The standard InChI is InChI=1S/C11H17NO3/c1-2-10(13)12-8-6-4-3-5-7-9(12)11(14)15/h2,9H,1,3-8H2,(H,14,15). The summed E-state index contributed by atoms with van der Waals surface area (Å²) in [6, 6.07) is -0.671. The number of amides is 1. The van der Waals surface area contributed by atoms with Crippen LogP contribution >= 0.6 is 0 Å². The van der Waals surface area contributed by atoms with Crippen LogP contribution in [0.2, 0.25) is 0 Å². The van der Waals surface area contributed by atoms with Crippen molar-refractivity contribution in [2.45, 2.75) is 38.1 Å². The second-order valence-corrected chi connectivity index (χ2v) is 3.79. The zero-order valence-corrected chi connectivity index (χ0v) is 8.82. The lowest BCUT2D eigenvalue weighted by molar-refractivity contribution is -0.149. The highest BCUT2D eigenvalue weighted by Gasteiger charge is 2.28. The van der Waals surface area contributed by atoms with Gasteiger partial charge in [0, 0.05) is 6.54 Å². The smallest absolute Gasteiger partial charge is 0.326 e. The molecule has 0 spiro atoms. The minimum absolute atomic E-state index is 0.274. The van der Waals surface area contributed by atoms with E-state index in [1.54, 1.807) is 0 Å². The van der Waals surface area contributed by atoms with E-state index in [0.717, 1.165) is 25.7 Å². The Balaban J connectivity index is 2.77. The minimum atomic E-state index is -0.910. The zero-order valence-electron chi connectivity index (χ0n) is 8.82. The molecule has 1 heterocycles. The Bertz CT molecular complexity index is 263. The maximum absolute atomic E-state index is 11.5. The van der Waals surface area contributed by atoms with Crippen LogP contribution in [0.15, 0.2) is 12.7 Å². The fourth-order valence-corrected chi connectivity index (χ4v) is 1.92. The second-order valence-electron chi connectivity index (χ2n) is 3.79. The first-order valence-electron chi connectivity index (χ1n) is 5.32. The molecule has 0 aromatic rings. The van der Waals surface area contributed by atoms with Gasteiger partial charge in [-0.1, -0.05) is 25.8 Å². The first kappa shape index (κ1) is 11.8. The Hall–Kier alpha value is -1.32. The van der Waals surface area contributed by atoms with Gasteiger partial charge in [0.25, 0.3) is 0 Å². The Morgan fingerprint density at radius 2 is 1.93 bits per heavy atom. The number of carboxylic acid groups (broad SMARTS) is 1. The SMILES string of the molecule is C=CC(=O)N1CCCCCCC1C(=O)O. The third kappa shape index (κ3) is 3.08. The van der Waals surface area contributed by atoms with E-state index < -0.39 is 12.0 Å². The molecule has 1 aliphatic heterocycles. The minimum Gasteiger partial charge on any atom is -0.480 e. The van der Waals surface area contributed by atoms with E-state index in [-0.39, 0.29) is 5.91 Å². The Morgan fingerprint density at radius 1 is 1.27 bits per heavy atom. The molecule has 1 amide bonds. The van der Waals surface area contributed by atoms with Crippen LogP contribution in [0.5, 0.6) is 0 Å². The monoisotopic (exact) mass is 211 g/mol. The van der Waals surface area contributed by atoms with Crippen LogP contribution in [-0.2, 0) is 9.59 Å². The van der Waals surface area contributed by atoms with Crippen molar-refractivity contribution in [3.63, 3.8) is 0 Å². The molecule has 1 saturated heterocycles. The molecule has 4 nitrogen and oxygen atoms in total. The zero-order chi connectivity index (χ0) is 11.3. The van der Waals surface area contributed by atoms with Crippen molar-refractivity contribution < 1.29 is 14.7 Å². The summed E-state index contributed by atoms with van der Waals surface area (Å²) < 4.78 is 0. The van der Waals surface area contributed by atoms with Gasteiger partial charge in [0.1, 0.15) is 6.04 Å². The largest absolute Gasteiger partial charge is 0.480 e. The third-order valence-electron chi connectivity index (χ3n) is 2.75. The van der Waals surface area contributed by atoms with Crippen molar-refractivity contribution in [1.29, 1.82) is 0 Å². The van der Waals surface area contributed by atoms with E-state index in [9.17, 15) is 9.59 Å². The molecule has 1 aliphatic rings. The molecule has 1 atom stereocenters. The second kappa shape index (κ2) is 5.53. The van der Waals surface area contributed by atoms with Crippen LogP contribution in [0.4, 0.5) is 0 Å². The number of likely N-dealkylation sites (tertiary alicyclic amines) is 1. The molecule has 4 heteroatoms. The molecular weight excluding hydrogens is 194 g/mol. The lowest BCUT2D eigenvalue weighted by atomic mass is 10.0. The lowest BCUT2D eigenvalue weighted by Crippen LogP contribution is -2.45. The van der Waals surface area contributed by atoms with Crippen LogP contribution in [0.3, 0.4) is 0 Å². The average Bonchev–Trinajstić information content (AvgIpc) is 2.16. The molecule has 84 valence electrons. The number of carbonyl (C=O) groups is 2. The van der Waals surface area contributed by atoms with E-state index in [0.29, 0.717) is 13.0 Å². The van der Waals surface area contributed by atoms with E-state index in [1.807, 2.05) is 0 Å². The average molecular weight is 211 g/mol. The predicted octanol–water partition coefficient (Wildman–Crippen LogP) is 1.42. The Labute approximate surface area is 89.6 Å². The highest BCUT2D eigenvalue weighted by Crippen LogP contribution is 2.17. The molecule has 1 rings (SSSR count). The molecule has 0 bridgehead atoms. The van der Waals surface area contributed by atoms with Gasteiger partial charge in [-0.2, -0.15) is 0 Å². The van der Waals surface area contributed by atoms with Crippen LogP contribution in [0.25, 0.3) is 0 Å². The van der Waals surface area contributed by atoms with Gasteiger partial charge in [-0.15, -0.1) is 0 Å². The number of hydrogen-bond donors (Lipinski definition) is 1. The normalized spacial score (nSPS) is 22.7. The summed E-state index contributed by atoms with van der Waals surface area (Å²) in [6.07, 6.45) is 5.61. The number of hydrogen-bond acceptors (Lipinski definition) is 2. The first-order valence-corrected chi connectivity index (χ1v) is 5.32. The van der Waals surface area contributed by atoms with E-state index in [1.165, 1.54) is 11.0 Å². The summed E-state index contributed by atoms with van der Waals surface area (Å²) in [5.41, 5.74) is 0. The number of nitrogens with zero attached hydrogens (tertiary/aromatic N) is 1. The summed E-state index contributed by atoms with van der Waals surface area (Å²) in [7, 11) is 0. The van der Waals surface area contributed by atoms with Crippen molar-refractivity contribution in [2.24, 2.45) is 0 Å². The lowest BCUT2D eigenvalue weighted by Gasteiger charge is -2.29. The summed E-state index contributed by atoms with van der Waals surface area (Å²) in [4.78, 5) is 23.9. The third-order valence-corrected chi connectivity index (χ3v) is 2.75. The molecule has 0 aliphatic carbocycles. The van der Waals surface area contributed by atoms with Crippen molar-refractivity contribution in [1.82, 2.24) is 4.90 Å². The first-order chi connectivity index (χ1) is 7.16. The van der Waals surface area contributed by atoms with E-state index in [4.69, 9.17) is 5.11 Å².